The Hall–Kier alpha value is -2.97. The Bertz CT molecular complexity index is 797. The molecule has 26 heavy (non-hydrogen) atoms. The summed E-state index contributed by atoms with van der Waals surface area (Å²) in [6.07, 6.45) is -7.89. The van der Waals surface area contributed by atoms with Crippen LogP contribution in [-0.4, -0.2) is 6.03 Å². The van der Waals surface area contributed by atoms with Crippen LogP contribution in [0.15, 0.2) is 54.7 Å². The number of halogens is 6. The average Bonchev–Trinajstić information content (AvgIpc) is 2.54. The van der Waals surface area contributed by atoms with Gasteiger partial charge in [0.2, 0.25) is 0 Å². The van der Waals surface area contributed by atoms with Crippen molar-refractivity contribution in [3.63, 3.8) is 0 Å². The highest BCUT2D eigenvalue weighted by molar-refractivity contribution is 5.91. The maximum Gasteiger partial charge on any atom is 0.419 e. The van der Waals surface area contributed by atoms with Gasteiger partial charge in [-0.05, 0) is 23.8 Å². The van der Waals surface area contributed by atoms with Gasteiger partial charge in [-0.1, -0.05) is 36.4 Å². The van der Waals surface area contributed by atoms with Crippen molar-refractivity contribution in [3.8, 4) is 0 Å². The normalized spacial score (nSPS) is 12.2. The van der Waals surface area contributed by atoms with Gasteiger partial charge >= 0.3 is 18.4 Å². The number of alkyl halides is 6. The van der Waals surface area contributed by atoms with Crippen molar-refractivity contribution in [2.24, 2.45) is 0 Å². The van der Waals surface area contributed by atoms with Crippen molar-refractivity contribution in [1.82, 2.24) is 5.32 Å². The summed E-state index contributed by atoms with van der Waals surface area (Å²) in [7, 11) is 0. The molecule has 0 heterocycles. The molecule has 2 aromatic rings. The van der Waals surface area contributed by atoms with Crippen LogP contribution in [0.25, 0.3) is 6.08 Å². The van der Waals surface area contributed by atoms with Crippen molar-refractivity contribution in [1.29, 1.82) is 0 Å². The van der Waals surface area contributed by atoms with Gasteiger partial charge in [-0.15, -0.1) is 0 Å². The van der Waals surface area contributed by atoms with Crippen molar-refractivity contribution in [2.75, 3.05) is 5.32 Å². The first-order valence-electron chi connectivity index (χ1n) is 7.15. The Morgan fingerprint density at radius 2 is 1.50 bits per heavy atom. The van der Waals surface area contributed by atoms with Crippen molar-refractivity contribution < 1.29 is 31.1 Å². The maximum absolute atomic E-state index is 13.1. The predicted molar refractivity (Wildman–Crippen MR) is 84.1 cm³/mol. The minimum Gasteiger partial charge on any atom is -0.314 e. The zero-order valence-corrected chi connectivity index (χ0v) is 12.9. The van der Waals surface area contributed by atoms with Gasteiger partial charge in [0, 0.05) is 6.20 Å². The van der Waals surface area contributed by atoms with Gasteiger partial charge in [-0.2, -0.15) is 26.3 Å². The van der Waals surface area contributed by atoms with E-state index in [1.165, 1.54) is 6.08 Å². The number of carbonyl (C=O) groups is 1. The first-order chi connectivity index (χ1) is 12.1. The van der Waals surface area contributed by atoms with E-state index < -0.39 is 35.2 Å². The topological polar surface area (TPSA) is 41.1 Å². The molecule has 9 heteroatoms. The van der Waals surface area contributed by atoms with E-state index in [-0.39, 0.29) is 0 Å². The third kappa shape index (κ3) is 5.01. The van der Waals surface area contributed by atoms with Crippen LogP contribution < -0.4 is 10.6 Å². The number of carbonyl (C=O) groups excluding carboxylic acids is 1. The molecule has 0 spiro atoms. The van der Waals surface area contributed by atoms with E-state index in [0.29, 0.717) is 11.6 Å². The van der Waals surface area contributed by atoms with Crippen molar-refractivity contribution in [3.05, 3.63) is 71.4 Å². The van der Waals surface area contributed by atoms with E-state index in [9.17, 15) is 31.1 Å². The van der Waals surface area contributed by atoms with E-state index in [1.807, 2.05) is 0 Å². The Morgan fingerprint density at radius 1 is 0.846 bits per heavy atom. The van der Waals surface area contributed by atoms with E-state index in [0.717, 1.165) is 18.3 Å². The van der Waals surface area contributed by atoms with Gasteiger partial charge in [0.25, 0.3) is 0 Å². The molecule has 0 aliphatic heterocycles. The molecular formula is C17H12F6N2O. The summed E-state index contributed by atoms with van der Waals surface area (Å²) in [6, 6.07) is 9.39. The number of hydrogen-bond donors (Lipinski definition) is 2. The maximum atomic E-state index is 13.1. The zero-order chi connectivity index (χ0) is 19.4. The van der Waals surface area contributed by atoms with Crippen LogP contribution in [0, 0.1) is 0 Å². The molecule has 0 aromatic heterocycles. The molecule has 138 valence electrons. The SMILES string of the molecule is O=C(N/C=C/c1ccccc1)Nc1cccc(C(F)(F)F)c1C(F)(F)F. The molecule has 2 N–H and O–H groups in total. The molecule has 0 atom stereocenters. The summed E-state index contributed by atoms with van der Waals surface area (Å²) >= 11 is 0. The van der Waals surface area contributed by atoms with Crippen molar-refractivity contribution >= 4 is 17.8 Å². The lowest BCUT2D eigenvalue weighted by atomic mass is 10.0. The summed E-state index contributed by atoms with van der Waals surface area (Å²) in [5.41, 5.74) is -4.10. The lowest BCUT2D eigenvalue weighted by Gasteiger charge is -2.19. The standard InChI is InChI=1S/C17H12F6N2O/c18-16(19,20)12-7-4-8-13(14(12)17(21,22)23)25-15(26)24-10-9-11-5-2-1-3-6-11/h1-10H,(H2,24,25,26)/b10-9+. The minimum absolute atomic E-state index is 0.307. The van der Waals surface area contributed by atoms with Crippen LogP contribution in [0.1, 0.15) is 16.7 Å². The molecule has 2 amide bonds. The van der Waals surface area contributed by atoms with Crippen LogP contribution in [0.5, 0.6) is 0 Å². The van der Waals surface area contributed by atoms with Crippen LogP contribution in [0.2, 0.25) is 0 Å². The van der Waals surface area contributed by atoms with Crippen LogP contribution in [0.4, 0.5) is 36.8 Å². The molecule has 0 radical (unpaired) electrons. The van der Waals surface area contributed by atoms with Gasteiger partial charge < -0.3 is 10.6 Å². The van der Waals surface area contributed by atoms with Crippen LogP contribution >= 0.6 is 0 Å². The smallest absolute Gasteiger partial charge is 0.314 e. The predicted octanol–water partition coefficient (Wildman–Crippen LogP) is 5.52. The molecule has 0 bridgehead atoms. The first-order valence-corrected chi connectivity index (χ1v) is 7.15. The van der Waals surface area contributed by atoms with E-state index in [1.54, 1.807) is 35.6 Å². The molecule has 3 nitrogen and oxygen atoms in total. The molecule has 0 saturated carbocycles. The highest BCUT2D eigenvalue weighted by Gasteiger charge is 2.45. The molecule has 0 aliphatic rings. The highest BCUT2D eigenvalue weighted by atomic mass is 19.4. The Balaban J connectivity index is 2.21. The largest absolute Gasteiger partial charge is 0.419 e. The Labute approximate surface area is 144 Å². The Kier molecular flexibility index (Phi) is 5.59. The number of benzene rings is 2. The summed E-state index contributed by atoms with van der Waals surface area (Å²) in [5.74, 6) is 0. The molecule has 2 aromatic carbocycles. The molecule has 0 fully saturated rings. The second kappa shape index (κ2) is 7.51. The van der Waals surface area contributed by atoms with Gasteiger partial charge in [-0.3, -0.25) is 0 Å². The molecule has 0 saturated heterocycles. The molecule has 2 rings (SSSR count). The lowest BCUT2D eigenvalue weighted by Crippen LogP contribution is -2.27. The van der Waals surface area contributed by atoms with E-state index in [2.05, 4.69) is 5.32 Å². The quantitative estimate of drug-likeness (QED) is 0.683. The van der Waals surface area contributed by atoms with Gasteiger partial charge in [0.05, 0.1) is 16.8 Å². The summed E-state index contributed by atoms with van der Waals surface area (Å²) < 4.78 is 77.8. The first kappa shape index (κ1) is 19.4. The number of anilines is 1. The highest BCUT2D eigenvalue weighted by Crippen LogP contribution is 2.43. The van der Waals surface area contributed by atoms with E-state index >= 15 is 0 Å². The second-order valence-electron chi connectivity index (χ2n) is 5.07. The van der Waals surface area contributed by atoms with Gasteiger partial charge in [-0.25, -0.2) is 4.79 Å². The van der Waals surface area contributed by atoms with Crippen molar-refractivity contribution in [2.45, 2.75) is 12.4 Å². The number of amides is 2. The third-order valence-electron chi connectivity index (χ3n) is 3.19. The van der Waals surface area contributed by atoms with Crippen LogP contribution in [-0.2, 0) is 12.4 Å². The number of rotatable bonds is 3. The number of urea groups is 1. The molecule has 0 aliphatic carbocycles. The van der Waals surface area contributed by atoms with E-state index in [4.69, 9.17) is 0 Å². The minimum atomic E-state index is -5.30. The third-order valence-corrected chi connectivity index (χ3v) is 3.19. The second-order valence-corrected chi connectivity index (χ2v) is 5.07. The fourth-order valence-electron chi connectivity index (χ4n) is 2.13. The lowest BCUT2D eigenvalue weighted by molar-refractivity contribution is -0.161. The monoisotopic (exact) mass is 374 g/mol. The zero-order valence-electron chi connectivity index (χ0n) is 12.9. The summed E-state index contributed by atoms with van der Waals surface area (Å²) in [4.78, 5) is 11.7. The number of hydrogen-bond acceptors (Lipinski definition) is 1. The van der Waals surface area contributed by atoms with Crippen LogP contribution in [0.3, 0.4) is 0 Å². The molecular weight excluding hydrogens is 362 g/mol. The number of nitrogens with one attached hydrogen (secondary N) is 2. The summed E-state index contributed by atoms with van der Waals surface area (Å²) in [5, 5.41) is 3.93. The van der Waals surface area contributed by atoms with Gasteiger partial charge in [0.15, 0.2) is 0 Å². The summed E-state index contributed by atoms with van der Waals surface area (Å²) in [6.45, 7) is 0. The Morgan fingerprint density at radius 3 is 2.08 bits per heavy atom. The average molecular weight is 374 g/mol. The molecule has 0 unspecified atom stereocenters. The fraction of sp³-hybridized carbons (Fsp3) is 0.118. The fourth-order valence-corrected chi connectivity index (χ4v) is 2.13. The van der Waals surface area contributed by atoms with Gasteiger partial charge in [0.1, 0.15) is 0 Å².